The highest BCUT2D eigenvalue weighted by atomic mass is 19.4. The predicted octanol–water partition coefficient (Wildman–Crippen LogP) is 1.84. The van der Waals surface area contributed by atoms with Crippen LogP contribution in [0.2, 0.25) is 0 Å². The van der Waals surface area contributed by atoms with Gasteiger partial charge in [0, 0.05) is 13.3 Å². The second kappa shape index (κ2) is 5.94. The Balaban J connectivity index is 3.29. The Morgan fingerprint density at radius 3 is 2.15 bits per heavy atom. The maximum atomic E-state index is 13.3. The van der Waals surface area contributed by atoms with E-state index in [1.165, 1.54) is 12.1 Å². The summed E-state index contributed by atoms with van der Waals surface area (Å²) in [5.41, 5.74) is -2.83. The zero-order valence-corrected chi connectivity index (χ0v) is 11.0. The summed E-state index contributed by atoms with van der Waals surface area (Å²) in [6.07, 6.45) is -5.72. The summed E-state index contributed by atoms with van der Waals surface area (Å²) in [7, 11) is 0.843. The molecule has 0 aliphatic carbocycles. The molecule has 20 heavy (non-hydrogen) atoms. The third kappa shape index (κ3) is 3.28. The van der Waals surface area contributed by atoms with E-state index in [2.05, 4.69) is 4.74 Å². The van der Waals surface area contributed by atoms with Crippen molar-refractivity contribution >= 4 is 11.9 Å². The summed E-state index contributed by atoms with van der Waals surface area (Å²) in [4.78, 5) is 22.8. The quantitative estimate of drug-likeness (QED) is 0.860. The van der Waals surface area contributed by atoms with Crippen LogP contribution < -0.4 is 5.32 Å². The molecule has 0 heterocycles. The van der Waals surface area contributed by atoms with Crippen LogP contribution in [0.25, 0.3) is 0 Å². The first-order valence-electron chi connectivity index (χ1n) is 5.71. The lowest BCUT2D eigenvalue weighted by molar-refractivity contribution is -0.212. The Hall–Kier alpha value is -2.05. The highest BCUT2D eigenvalue weighted by Gasteiger charge is 2.62. The van der Waals surface area contributed by atoms with E-state index >= 15 is 0 Å². The fourth-order valence-electron chi connectivity index (χ4n) is 1.83. The molecule has 0 saturated heterocycles. The number of carbonyl (C=O) groups is 2. The highest BCUT2D eigenvalue weighted by molar-refractivity contribution is 5.88. The topological polar surface area (TPSA) is 55.4 Å². The SMILES string of the molecule is COC(=O)C(Cc1ccccc1)(NC(C)=O)C(F)(F)F. The van der Waals surface area contributed by atoms with Gasteiger partial charge >= 0.3 is 12.1 Å². The third-order valence-corrected chi connectivity index (χ3v) is 2.72. The molecule has 0 aromatic heterocycles. The Bertz CT molecular complexity index is 487. The molecule has 1 aromatic rings. The van der Waals surface area contributed by atoms with E-state index in [-0.39, 0.29) is 5.56 Å². The van der Waals surface area contributed by atoms with E-state index in [4.69, 9.17) is 0 Å². The molecule has 0 radical (unpaired) electrons. The summed E-state index contributed by atoms with van der Waals surface area (Å²) in [5, 5.41) is 1.69. The molecular formula is C13H14F3NO3. The van der Waals surface area contributed by atoms with Gasteiger partial charge < -0.3 is 10.1 Å². The van der Waals surface area contributed by atoms with Gasteiger partial charge in [-0.3, -0.25) is 4.79 Å². The fourth-order valence-corrected chi connectivity index (χ4v) is 1.83. The molecule has 1 N–H and O–H groups in total. The van der Waals surface area contributed by atoms with Crippen molar-refractivity contribution < 1.29 is 27.5 Å². The zero-order chi connectivity index (χ0) is 15.4. The lowest BCUT2D eigenvalue weighted by Crippen LogP contribution is -2.65. The van der Waals surface area contributed by atoms with Crippen LogP contribution >= 0.6 is 0 Å². The maximum absolute atomic E-state index is 13.3. The van der Waals surface area contributed by atoms with Crippen LogP contribution in [0, 0.1) is 0 Å². The Morgan fingerprint density at radius 2 is 1.75 bits per heavy atom. The number of hydrogen-bond donors (Lipinski definition) is 1. The number of rotatable bonds is 4. The number of amides is 1. The normalized spacial score (nSPS) is 14.2. The minimum atomic E-state index is -4.98. The first-order chi connectivity index (χ1) is 9.23. The number of ether oxygens (including phenoxy) is 1. The van der Waals surface area contributed by atoms with Gasteiger partial charge in [-0.2, -0.15) is 13.2 Å². The Morgan fingerprint density at radius 1 is 1.20 bits per heavy atom. The number of methoxy groups -OCH3 is 1. The first-order valence-corrected chi connectivity index (χ1v) is 5.71. The van der Waals surface area contributed by atoms with Crippen molar-refractivity contribution in [1.82, 2.24) is 5.32 Å². The maximum Gasteiger partial charge on any atom is 0.422 e. The summed E-state index contributed by atoms with van der Waals surface area (Å²) >= 11 is 0. The second-order valence-electron chi connectivity index (χ2n) is 4.24. The van der Waals surface area contributed by atoms with Crippen molar-refractivity contribution in [3.63, 3.8) is 0 Å². The van der Waals surface area contributed by atoms with Crippen molar-refractivity contribution in [2.24, 2.45) is 0 Å². The van der Waals surface area contributed by atoms with E-state index in [1.807, 2.05) is 0 Å². The molecule has 7 heteroatoms. The van der Waals surface area contributed by atoms with Crippen LogP contribution in [-0.4, -0.2) is 30.7 Å². The molecule has 4 nitrogen and oxygen atoms in total. The monoisotopic (exact) mass is 289 g/mol. The van der Waals surface area contributed by atoms with Crippen LogP contribution in [0.5, 0.6) is 0 Å². The molecule has 0 aliphatic rings. The molecule has 0 spiro atoms. The van der Waals surface area contributed by atoms with Crippen LogP contribution in [-0.2, 0) is 20.7 Å². The lowest BCUT2D eigenvalue weighted by Gasteiger charge is -2.33. The van der Waals surface area contributed by atoms with Gasteiger partial charge in [0.15, 0.2) is 0 Å². The number of esters is 1. The average molecular weight is 289 g/mol. The number of hydrogen-bond acceptors (Lipinski definition) is 3. The van der Waals surface area contributed by atoms with Gasteiger partial charge in [-0.1, -0.05) is 30.3 Å². The third-order valence-electron chi connectivity index (χ3n) is 2.72. The lowest BCUT2D eigenvalue weighted by atomic mass is 9.89. The number of carbonyl (C=O) groups excluding carboxylic acids is 2. The number of benzene rings is 1. The summed E-state index contributed by atoms with van der Waals surface area (Å²) in [6, 6.07) is 7.59. The Kier molecular flexibility index (Phi) is 4.75. The van der Waals surface area contributed by atoms with Crippen molar-refractivity contribution in [2.45, 2.75) is 25.1 Å². The van der Waals surface area contributed by atoms with Gasteiger partial charge in [0.2, 0.25) is 11.4 Å². The van der Waals surface area contributed by atoms with Gasteiger partial charge in [0.1, 0.15) is 0 Å². The highest BCUT2D eigenvalue weighted by Crippen LogP contribution is 2.34. The fraction of sp³-hybridized carbons (Fsp3) is 0.385. The molecule has 0 bridgehead atoms. The van der Waals surface area contributed by atoms with Gasteiger partial charge in [-0.25, -0.2) is 4.79 Å². The van der Waals surface area contributed by atoms with E-state index in [0.717, 1.165) is 14.0 Å². The van der Waals surface area contributed by atoms with E-state index in [0.29, 0.717) is 0 Å². The van der Waals surface area contributed by atoms with Gasteiger partial charge in [0.25, 0.3) is 0 Å². The minimum absolute atomic E-state index is 0.254. The van der Waals surface area contributed by atoms with Crippen LogP contribution in [0.1, 0.15) is 12.5 Å². The molecule has 0 saturated carbocycles. The van der Waals surface area contributed by atoms with Crippen molar-refractivity contribution in [1.29, 1.82) is 0 Å². The minimum Gasteiger partial charge on any atom is -0.467 e. The Labute approximate surface area is 113 Å². The summed E-state index contributed by atoms with van der Waals surface area (Å²) in [6.45, 7) is 0.911. The molecule has 1 aromatic carbocycles. The van der Waals surface area contributed by atoms with Crippen LogP contribution in [0.15, 0.2) is 30.3 Å². The number of halogens is 3. The van der Waals surface area contributed by atoms with Crippen LogP contribution in [0.4, 0.5) is 13.2 Å². The smallest absolute Gasteiger partial charge is 0.422 e. The molecule has 0 aliphatic heterocycles. The standard InChI is InChI=1S/C13H14F3NO3/c1-9(18)17-12(11(19)20-2,13(14,15)16)8-10-6-4-3-5-7-10/h3-7H,8H2,1-2H3,(H,17,18). The molecule has 1 unspecified atom stereocenters. The van der Waals surface area contributed by atoms with Crippen molar-refractivity contribution in [2.75, 3.05) is 7.11 Å². The number of alkyl halides is 3. The number of nitrogens with one attached hydrogen (secondary N) is 1. The molecule has 0 fully saturated rings. The molecule has 1 rings (SSSR count). The second-order valence-corrected chi connectivity index (χ2v) is 4.24. The van der Waals surface area contributed by atoms with E-state index in [1.54, 1.807) is 23.5 Å². The average Bonchev–Trinajstić information content (AvgIpc) is 2.36. The summed E-state index contributed by atoms with van der Waals surface area (Å²) < 4.78 is 44.3. The molecular weight excluding hydrogens is 275 g/mol. The van der Waals surface area contributed by atoms with Crippen molar-refractivity contribution in [3.05, 3.63) is 35.9 Å². The zero-order valence-electron chi connectivity index (χ0n) is 11.0. The first kappa shape index (κ1) is 16.0. The van der Waals surface area contributed by atoms with Gasteiger partial charge in [0.05, 0.1) is 7.11 Å². The van der Waals surface area contributed by atoms with E-state index in [9.17, 15) is 22.8 Å². The summed E-state index contributed by atoms with van der Waals surface area (Å²) in [5.74, 6) is -2.52. The largest absolute Gasteiger partial charge is 0.467 e. The van der Waals surface area contributed by atoms with Crippen LogP contribution in [0.3, 0.4) is 0 Å². The van der Waals surface area contributed by atoms with E-state index < -0.39 is 30.0 Å². The van der Waals surface area contributed by atoms with Gasteiger partial charge in [-0.05, 0) is 5.56 Å². The molecule has 1 amide bonds. The predicted molar refractivity (Wildman–Crippen MR) is 64.8 cm³/mol. The molecule has 1 atom stereocenters. The molecule has 110 valence electrons. The van der Waals surface area contributed by atoms with Crippen molar-refractivity contribution in [3.8, 4) is 0 Å². The van der Waals surface area contributed by atoms with Gasteiger partial charge in [-0.15, -0.1) is 0 Å².